The molecule has 0 heterocycles. The van der Waals surface area contributed by atoms with E-state index in [2.05, 4.69) is 0 Å². The molecule has 0 aliphatic rings. The van der Waals surface area contributed by atoms with Crippen LogP contribution in [0.3, 0.4) is 0 Å². The first-order valence-electron chi connectivity index (χ1n) is 0. The van der Waals surface area contributed by atoms with Crippen molar-refractivity contribution in [3.8, 4) is 0 Å². The summed E-state index contributed by atoms with van der Waals surface area (Å²) in [4.78, 5) is 0. The molecular weight excluding hydrogens is 242 g/mol. The topological polar surface area (TPSA) is 63.0 Å². The van der Waals surface area contributed by atoms with E-state index in [0.717, 1.165) is 0 Å². The van der Waals surface area contributed by atoms with E-state index in [4.69, 9.17) is 0 Å². The Bertz CT molecular complexity index is 9.61. The molecular formula is H4FeMoNiO2. The fraction of sp³-hybridized carbons (Fsp3) is 0. The normalized spacial score (nSPS) is 0. The molecule has 2 nitrogen and oxygen atoms in total. The predicted molar refractivity (Wildman–Crippen MR) is 7.23 cm³/mol. The summed E-state index contributed by atoms with van der Waals surface area (Å²) < 4.78 is 0. The van der Waals surface area contributed by atoms with E-state index in [-0.39, 0.29) is 65.6 Å². The zero-order chi connectivity index (χ0) is 0. The predicted octanol–water partition coefficient (Wildman–Crippen LogP) is -1.66. The quantitative estimate of drug-likeness (QED) is 0.460. The Morgan fingerprint density at radius 3 is 0.800 bits per heavy atom. The molecule has 0 rings (SSSR count). The molecule has 0 saturated carbocycles. The zero-order valence-corrected chi connectivity index (χ0v) is 6.18. The Kier molecular flexibility index (Phi) is 727. The number of hydrogen-bond acceptors (Lipinski definition) is 0. The van der Waals surface area contributed by atoms with Gasteiger partial charge in [-0.2, -0.15) is 0 Å². The summed E-state index contributed by atoms with van der Waals surface area (Å²) >= 11 is 0. The van der Waals surface area contributed by atoms with E-state index in [0.29, 0.717) is 0 Å². The monoisotopic (exact) mass is 248 g/mol. The molecule has 0 atom stereocenters. The average Bonchev–Trinajstić information content (AvgIpc) is 0. The molecule has 0 saturated heterocycles. The fourth-order valence-electron chi connectivity index (χ4n) is 0. The third kappa shape index (κ3) is 28.0. The van der Waals surface area contributed by atoms with Crippen LogP contribution in [0, 0.1) is 0 Å². The summed E-state index contributed by atoms with van der Waals surface area (Å²) in [6.45, 7) is 0. The molecule has 0 spiro atoms. The van der Waals surface area contributed by atoms with Gasteiger partial charge in [0, 0.05) is 54.6 Å². The Labute approximate surface area is 65.4 Å². The molecule has 0 unspecified atom stereocenters. The van der Waals surface area contributed by atoms with E-state index >= 15 is 0 Å². The van der Waals surface area contributed by atoms with Crippen molar-refractivity contribution in [2.24, 2.45) is 0 Å². The molecule has 0 aliphatic carbocycles. The maximum Gasteiger partial charge on any atom is 0 e. The molecule has 5 heteroatoms. The Hall–Kier alpha value is 1.62. The van der Waals surface area contributed by atoms with E-state index in [1.165, 1.54) is 0 Å². The van der Waals surface area contributed by atoms with Crippen molar-refractivity contribution in [1.29, 1.82) is 0 Å². The van der Waals surface area contributed by atoms with Gasteiger partial charge < -0.3 is 11.0 Å². The van der Waals surface area contributed by atoms with Gasteiger partial charge in [-0.15, -0.1) is 0 Å². The minimum atomic E-state index is 0. The van der Waals surface area contributed by atoms with Crippen LogP contribution in [0.5, 0.6) is 0 Å². The van der Waals surface area contributed by atoms with Gasteiger partial charge in [0.1, 0.15) is 0 Å². The smallest absolute Gasteiger partial charge is 0 e. The average molecular weight is 247 g/mol. The van der Waals surface area contributed by atoms with E-state index < -0.39 is 0 Å². The molecule has 0 fully saturated rings. The zero-order valence-electron chi connectivity index (χ0n) is 2.08. The van der Waals surface area contributed by atoms with Crippen LogP contribution in [0.2, 0.25) is 0 Å². The van der Waals surface area contributed by atoms with E-state index in [9.17, 15) is 0 Å². The van der Waals surface area contributed by atoms with E-state index in [1.54, 1.807) is 0 Å². The fourth-order valence-corrected chi connectivity index (χ4v) is 0. The van der Waals surface area contributed by atoms with Gasteiger partial charge in [0.2, 0.25) is 0 Å². The Morgan fingerprint density at radius 2 is 0.800 bits per heavy atom. The van der Waals surface area contributed by atoms with Crippen LogP contribution in [0.15, 0.2) is 0 Å². The van der Waals surface area contributed by atoms with Crippen molar-refractivity contribution >= 4 is 0 Å². The molecule has 4 N–H and O–H groups in total. The number of hydrogen-bond donors (Lipinski definition) is 0. The molecule has 0 amide bonds. The van der Waals surface area contributed by atoms with Gasteiger partial charge in [-0.1, -0.05) is 0 Å². The molecule has 0 aliphatic heterocycles. The van der Waals surface area contributed by atoms with Crippen LogP contribution in [-0.2, 0) is 54.6 Å². The van der Waals surface area contributed by atoms with Crippen molar-refractivity contribution in [3.05, 3.63) is 0 Å². The standard InChI is InChI=1S/Fe.Mo.Ni.2H2O/h;;;2*1H2. The van der Waals surface area contributed by atoms with Crippen LogP contribution in [-0.4, -0.2) is 11.0 Å². The van der Waals surface area contributed by atoms with Crippen LogP contribution >= 0.6 is 0 Å². The summed E-state index contributed by atoms with van der Waals surface area (Å²) in [5.41, 5.74) is 0. The van der Waals surface area contributed by atoms with Gasteiger partial charge in [-0.05, 0) is 0 Å². The molecule has 0 radical (unpaired) electrons. The van der Waals surface area contributed by atoms with Crippen molar-refractivity contribution < 1.29 is 65.6 Å². The van der Waals surface area contributed by atoms with Crippen LogP contribution in [0.4, 0.5) is 0 Å². The molecule has 0 aromatic heterocycles. The summed E-state index contributed by atoms with van der Waals surface area (Å²) in [6.07, 6.45) is 0. The minimum absolute atomic E-state index is 0. The van der Waals surface area contributed by atoms with Gasteiger partial charge in [0.15, 0.2) is 0 Å². The van der Waals surface area contributed by atoms with Gasteiger partial charge in [-0.3, -0.25) is 0 Å². The SMILES string of the molecule is O.O.[Fe].[Mo].[Ni]. The summed E-state index contributed by atoms with van der Waals surface area (Å²) in [5.74, 6) is 0. The maximum atomic E-state index is 0. The Balaban J connectivity index is 0. The van der Waals surface area contributed by atoms with E-state index in [1.807, 2.05) is 0 Å². The second kappa shape index (κ2) is 45.7. The maximum absolute atomic E-state index is 0. The summed E-state index contributed by atoms with van der Waals surface area (Å²) in [6, 6.07) is 0. The second-order valence-electron chi connectivity index (χ2n) is 0. The first-order valence-corrected chi connectivity index (χ1v) is 0. The molecule has 5 heavy (non-hydrogen) atoms. The molecule has 0 aromatic carbocycles. The summed E-state index contributed by atoms with van der Waals surface area (Å²) in [5, 5.41) is 0. The first-order chi connectivity index (χ1) is 0. The molecule has 0 aromatic rings. The van der Waals surface area contributed by atoms with Crippen molar-refractivity contribution in [1.82, 2.24) is 0 Å². The first kappa shape index (κ1) is 79.6. The Morgan fingerprint density at radius 1 is 0.800 bits per heavy atom. The van der Waals surface area contributed by atoms with Crippen LogP contribution in [0.1, 0.15) is 0 Å². The third-order valence-corrected chi connectivity index (χ3v) is 0. The number of rotatable bonds is 0. The molecule has 0 bridgehead atoms. The minimum Gasteiger partial charge on any atom is -0.412 e. The second-order valence-corrected chi connectivity index (χ2v) is 0. The summed E-state index contributed by atoms with van der Waals surface area (Å²) in [7, 11) is 0. The largest absolute Gasteiger partial charge is 0.412 e. The van der Waals surface area contributed by atoms with Crippen LogP contribution in [0.25, 0.3) is 0 Å². The van der Waals surface area contributed by atoms with Gasteiger partial charge in [0.25, 0.3) is 0 Å². The molecule has 40 valence electrons. The van der Waals surface area contributed by atoms with Gasteiger partial charge in [0.05, 0.1) is 0 Å². The van der Waals surface area contributed by atoms with Crippen molar-refractivity contribution in [3.63, 3.8) is 0 Å². The van der Waals surface area contributed by atoms with Gasteiger partial charge in [-0.25, -0.2) is 0 Å². The van der Waals surface area contributed by atoms with Crippen LogP contribution < -0.4 is 0 Å². The van der Waals surface area contributed by atoms with Crippen molar-refractivity contribution in [2.75, 3.05) is 0 Å². The van der Waals surface area contributed by atoms with Crippen molar-refractivity contribution in [2.45, 2.75) is 0 Å². The van der Waals surface area contributed by atoms with Gasteiger partial charge >= 0.3 is 0 Å². The third-order valence-electron chi connectivity index (χ3n) is 0.